The molecule has 3 rings (SSSR count). The highest BCUT2D eigenvalue weighted by atomic mass is 79.9. The molecule has 3 aromatic heterocycles. The predicted octanol–water partition coefficient (Wildman–Crippen LogP) is 3.81. The molecule has 0 atom stereocenters. The quantitative estimate of drug-likeness (QED) is 0.780. The fraction of sp³-hybridized carbons (Fsp3) is 0. The van der Waals surface area contributed by atoms with E-state index in [4.69, 9.17) is 4.42 Å². The highest BCUT2D eigenvalue weighted by molar-refractivity contribution is 9.10. The molecule has 0 aliphatic carbocycles. The van der Waals surface area contributed by atoms with Crippen molar-refractivity contribution in [1.82, 2.24) is 9.97 Å². The molecule has 0 aromatic carbocycles. The summed E-state index contributed by atoms with van der Waals surface area (Å²) in [7, 11) is 0. The Labute approximate surface area is 126 Å². The minimum Gasteiger partial charge on any atom is -0.472 e. The van der Waals surface area contributed by atoms with E-state index < -0.39 is 0 Å². The Balaban J connectivity index is 1.76. The Morgan fingerprint density at radius 3 is 2.95 bits per heavy atom. The van der Waals surface area contributed by atoms with Crippen LogP contribution in [0.2, 0.25) is 0 Å². The van der Waals surface area contributed by atoms with Gasteiger partial charge in [0, 0.05) is 21.6 Å². The van der Waals surface area contributed by atoms with Crippen LogP contribution in [0.5, 0.6) is 0 Å². The molecule has 1 amide bonds. The maximum Gasteiger partial charge on any atom is 0.276 e. The number of halogens is 1. The smallest absolute Gasteiger partial charge is 0.276 e. The first kappa shape index (κ1) is 13.0. The van der Waals surface area contributed by atoms with Crippen LogP contribution < -0.4 is 5.32 Å². The fourth-order valence-corrected chi connectivity index (χ4v) is 2.55. The number of pyridine rings is 1. The van der Waals surface area contributed by atoms with Gasteiger partial charge in [-0.05, 0) is 34.1 Å². The van der Waals surface area contributed by atoms with Crippen molar-refractivity contribution in [3.8, 4) is 10.6 Å². The molecule has 5 nitrogen and oxygen atoms in total. The predicted molar refractivity (Wildman–Crippen MR) is 79.7 cm³/mol. The lowest BCUT2D eigenvalue weighted by molar-refractivity contribution is 0.102. The number of rotatable bonds is 3. The molecule has 3 aromatic rings. The Morgan fingerprint density at radius 1 is 1.35 bits per heavy atom. The number of nitrogens with zero attached hydrogens (tertiary/aromatic N) is 2. The van der Waals surface area contributed by atoms with Gasteiger partial charge in [-0.15, -0.1) is 11.3 Å². The second kappa shape index (κ2) is 5.56. The SMILES string of the molecule is O=C(Nc1ccc(Br)cn1)c1csc(-c2ccoc2)n1. The van der Waals surface area contributed by atoms with Crippen molar-refractivity contribution in [2.75, 3.05) is 5.32 Å². The van der Waals surface area contributed by atoms with Crippen LogP contribution in [0.25, 0.3) is 10.6 Å². The second-order valence-corrected chi connectivity index (χ2v) is 5.64. The summed E-state index contributed by atoms with van der Waals surface area (Å²) in [4.78, 5) is 20.4. The first-order valence-electron chi connectivity index (χ1n) is 5.63. The number of thiazole rings is 1. The number of aromatic nitrogens is 2. The van der Waals surface area contributed by atoms with Crippen LogP contribution in [0.15, 0.2) is 51.2 Å². The average Bonchev–Trinajstić information content (AvgIpc) is 3.11. The van der Waals surface area contributed by atoms with Crippen molar-refractivity contribution in [2.24, 2.45) is 0 Å². The van der Waals surface area contributed by atoms with Gasteiger partial charge < -0.3 is 9.73 Å². The lowest BCUT2D eigenvalue weighted by Crippen LogP contribution is -2.13. The van der Waals surface area contributed by atoms with Gasteiger partial charge in [0.15, 0.2) is 0 Å². The average molecular weight is 350 g/mol. The van der Waals surface area contributed by atoms with Gasteiger partial charge in [0.25, 0.3) is 5.91 Å². The van der Waals surface area contributed by atoms with E-state index in [0.29, 0.717) is 11.5 Å². The van der Waals surface area contributed by atoms with E-state index in [9.17, 15) is 4.79 Å². The van der Waals surface area contributed by atoms with Gasteiger partial charge in [-0.25, -0.2) is 9.97 Å². The van der Waals surface area contributed by atoms with Gasteiger partial charge in [-0.2, -0.15) is 0 Å². The summed E-state index contributed by atoms with van der Waals surface area (Å²) in [6, 6.07) is 5.32. The summed E-state index contributed by atoms with van der Waals surface area (Å²) in [6.45, 7) is 0. The summed E-state index contributed by atoms with van der Waals surface area (Å²) in [5, 5.41) is 5.14. The fourth-order valence-electron chi connectivity index (χ4n) is 1.53. The van der Waals surface area contributed by atoms with Crippen LogP contribution >= 0.6 is 27.3 Å². The number of furan rings is 1. The molecule has 1 N–H and O–H groups in total. The van der Waals surface area contributed by atoms with Gasteiger partial charge in [0.1, 0.15) is 22.8 Å². The standard InChI is InChI=1S/C13H8BrN3O2S/c14-9-1-2-11(15-5-9)17-12(18)10-7-20-13(16-10)8-3-4-19-6-8/h1-7H,(H,15,17,18). The van der Waals surface area contributed by atoms with Crippen molar-refractivity contribution in [3.05, 3.63) is 52.5 Å². The molecule has 100 valence electrons. The number of anilines is 1. The molecule has 0 aliphatic heterocycles. The summed E-state index contributed by atoms with van der Waals surface area (Å²) in [5.41, 5.74) is 1.21. The summed E-state index contributed by atoms with van der Waals surface area (Å²) >= 11 is 4.68. The van der Waals surface area contributed by atoms with Crippen molar-refractivity contribution in [1.29, 1.82) is 0 Å². The molecule has 20 heavy (non-hydrogen) atoms. The highest BCUT2D eigenvalue weighted by Crippen LogP contribution is 2.24. The van der Waals surface area contributed by atoms with E-state index in [0.717, 1.165) is 15.0 Å². The molecule has 3 heterocycles. The van der Waals surface area contributed by atoms with Gasteiger partial charge in [-0.3, -0.25) is 4.79 Å². The lowest BCUT2D eigenvalue weighted by atomic mass is 10.3. The number of carbonyl (C=O) groups is 1. The third kappa shape index (κ3) is 2.78. The molecular weight excluding hydrogens is 342 g/mol. The number of carbonyl (C=O) groups excluding carboxylic acids is 1. The summed E-state index contributed by atoms with van der Waals surface area (Å²) in [5.74, 6) is 0.196. The van der Waals surface area contributed by atoms with Crippen molar-refractivity contribution in [3.63, 3.8) is 0 Å². The van der Waals surface area contributed by atoms with Crippen LogP contribution in [0, 0.1) is 0 Å². The Kier molecular flexibility index (Phi) is 3.62. The molecule has 7 heteroatoms. The van der Waals surface area contributed by atoms with E-state index in [-0.39, 0.29) is 5.91 Å². The van der Waals surface area contributed by atoms with Gasteiger partial charge in [-0.1, -0.05) is 0 Å². The van der Waals surface area contributed by atoms with Crippen LogP contribution in [-0.4, -0.2) is 15.9 Å². The Hall–Kier alpha value is -1.99. The number of hydrogen-bond donors (Lipinski definition) is 1. The summed E-state index contributed by atoms with van der Waals surface area (Å²) in [6.07, 6.45) is 4.78. The molecule has 0 bridgehead atoms. The van der Waals surface area contributed by atoms with E-state index in [2.05, 4.69) is 31.2 Å². The Bertz CT molecular complexity index is 722. The van der Waals surface area contributed by atoms with Crippen molar-refractivity contribution in [2.45, 2.75) is 0 Å². The van der Waals surface area contributed by atoms with Crippen LogP contribution in [-0.2, 0) is 0 Å². The van der Waals surface area contributed by atoms with E-state index in [1.807, 2.05) is 0 Å². The van der Waals surface area contributed by atoms with Gasteiger partial charge in [0.05, 0.1) is 6.26 Å². The second-order valence-electron chi connectivity index (χ2n) is 3.87. The van der Waals surface area contributed by atoms with Crippen molar-refractivity contribution < 1.29 is 9.21 Å². The zero-order valence-corrected chi connectivity index (χ0v) is 12.4. The minimum atomic E-state index is -0.286. The molecule has 0 aliphatic rings. The van der Waals surface area contributed by atoms with Crippen LogP contribution in [0.3, 0.4) is 0 Å². The van der Waals surface area contributed by atoms with E-state index in [1.54, 1.807) is 42.3 Å². The normalized spacial score (nSPS) is 10.4. The number of amides is 1. The zero-order valence-electron chi connectivity index (χ0n) is 10.0. The van der Waals surface area contributed by atoms with Gasteiger partial charge in [0.2, 0.25) is 0 Å². The van der Waals surface area contributed by atoms with Crippen LogP contribution in [0.4, 0.5) is 5.82 Å². The molecule has 0 saturated heterocycles. The zero-order chi connectivity index (χ0) is 13.9. The molecule has 0 spiro atoms. The first-order valence-corrected chi connectivity index (χ1v) is 7.30. The molecule has 0 fully saturated rings. The minimum absolute atomic E-state index is 0.286. The van der Waals surface area contributed by atoms with E-state index >= 15 is 0 Å². The topological polar surface area (TPSA) is 68.0 Å². The number of nitrogens with one attached hydrogen (secondary N) is 1. The third-order valence-electron chi connectivity index (χ3n) is 2.47. The first-order chi connectivity index (χ1) is 9.72. The maximum atomic E-state index is 12.0. The number of hydrogen-bond acceptors (Lipinski definition) is 5. The maximum absolute atomic E-state index is 12.0. The third-order valence-corrected chi connectivity index (χ3v) is 3.83. The molecular formula is C13H8BrN3O2S. The van der Waals surface area contributed by atoms with Crippen molar-refractivity contribution >= 4 is 39.0 Å². The van der Waals surface area contributed by atoms with Crippen LogP contribution in [0.1, 0.15) is 10.5 Å². The Morgan fingerprint density at radius 2 is 2.25 bits per heavy atom. The molecule has 0 radical (unpaired) electrons. The largest absolute Gasteiger partial charge is 0.472 e. The summed E-state index contributed by atoms with van der Waals surface area (Å²) < 4.78 is 5.85. The highest BCUT2D eigenvalue weighted by Gasteiger charge is 2.13. The van der Waals surface area contributed by atoms with Gasteiger partial charge >= 0.3 is 0 Å². The van der Waals surface area contributed by atoms with E-state index in [1.165, 1.54) is 11.3 Å². The molecule has 0 saturated carbocycles. The molecule has 0 unspecified atom stereocenters. The monoisotopic (exact) mass is 349 g/mol. The lowest BCUT2D eigenvalue weighted by Gasteiger charge is -2.01.